The zero-order valence-electron chi connectivity index (χ0n) is 15.4. The number of benzene rings is 2. The summed E-state index contributed by atoms with van der Waals surface area (Å²) in [5, 5.41) is 7.17. The molecule has 3 aromatic rings. The van der Waals surface area contributed by atoms with E-state index in [2.05, 4.69) is 56.9 Å². The molecule has 140 valence electrons. The SMILES string of the molecule is O=C(NCc1cc2ccccc2[nH]1)NCC(c1ccccc1)N1CCCC1. The number of carbonyl (C=O) groups is 1. The summed E-state index contributed by atoms with van der Waals surface area (Å²) in [6.07, 6.45) is 2.46. The molecule has 2 aromatic carbocycles. The lowest BCUT2D eigenvalue weighted by molar-refractivity contribution is 0.220. The van der Waals surface area contributed by atoms with Crippen LogP contribution in [0.4, 0.5) is 4.79 Å². The Hall–Kier alpha value is -2.79. The maximum atomic E-state index is 12.3. The first-order chi connectivity index (χ1) is 13.3. The third-order valence-corrected chi connectivity index (χ3v) is 5.25. The molecular formula is C22H26N4O. The first-order valence-corrected chi connectivity index (χ1v) is 9.67. The summed E-state index contributed by atoms with van der Waals surface area (Å²) in [7, 11) is 0. The van der Waals surface area contributed by atoms with E-state index >= 15 is 0 Å². The average molecular weight is 362 g/mol. The van der Waals surface area contributed by atoms with Gasteiger partial charge in [0.2, 0.25) is 0 Å². The number of hydrogen-bond acceptors (Lipinski definition) is 2. The maximum absolute atomic E-state index is 12.3. The van der Waals surface area contributed by atoms with E-state index in [9.17, 15) is 4.79 Å². The molecule has 0 radical (unpaired) electrons. The zero-order chi connectivity index (χ0) is 18.5. The molecule has 4 rings (SSSR count). The van der Waals surface area contributed by atoms with Crippen LogP contribution in [-0.2, 0) is 6.54 Å². The van der Waals surface area contributed by atoms with Crippen LogP contribution in [0.1, 0.15) is 30.1 Å². The van der Waals surface area contributed by atoms with E-state index in [4.69, 9.17) is 0 Å². The predicted molar refractivity (Wildman–Crippen MR) is 109 cm³/mol. The van der Waals surface area contributed by atoms with E-state index in [-0.39, 0.29) is 12.1 Å². The second-order valence-electron chi connectivity index (χ2n) is 7.11. The van der Waals surface area contributed by atoms with Gasteiger partial charge in [0.25, 0.3) is 0 Å². The van der Waals surface area contributed by atoms with E-state index in [1.54, 1.807) is 0 Å². The van der Waals surface area contributed by atoms with Gasteiger partial charge in [0, 0.05) is 17.8 Å². The number of nitrogens with one attached hydrogen (secondary N) is 3. The third kappa shape index (κ3) is 4.31. The fraction of sp³-hybridized carbons (Fsp3) is 0.318. The molecule has 5 heteroatoms. The van der Waals surface area contributed by atoms with Crippen molar-refractivity contribution >= 4 is 16.9 Å². The molecule has 1 aromatic heterocycles. The molecule has 2 amide bonds. The molecule has 0 aliphatic carbocycles. The lowest BCUT2D eigenvalue weighted by Crippen LogP contribution is -2.41. The standard InChI is InChI=1S/C22H26N4O/c27-22(23-15-19-14-18-10-4-5-11-20(18)25-19)24-16-21(26-12-6-7-13-26)17-8-2-1-3-9-17/h1-5,8-11,14,21,25H,6-7,12-13,15-16H2,(H2,23,24,27). The summed E-state index contributed by atoms with van der Waals surface area (Å²) in [5.41, 5.74) is 3.36. The molecular weight excluding hydrogens is 336 g/mol. The minimum absolute atomic E-state index is 0.131. The van der Waals surface area contributed by atoms with Gasteiger partial charge in [-0.15, -0.1) is 0 Å². The van der Waals surface area contributed by atoms with E-state index < -0.39 is 0 Å². The number of likely N-dealkylation sites (tertiary alicyclic amines) is 1. The average Bonchev–Trinajstić information content (AvgIpc) is 3.37. The number of fused-ring (bicyclic) bond motifs is 1. The largest absolute Gasteiger partial charge is 0.357 e. The van der Waals surface area contributed by atoms with Crippen molar-refractivity contribution in [2.75, 3.05) is 19.6 Å². The maximum Gasteiger partial charge on any atom is 0.315 e. The van der Waals surface area contributed by atoms with E-state index in [0.717, 1.165) is 29.7 Å². The van der Waals surface area contributed by atoms with Crippen molar-refractivity contribution < 1.29 is 4.79 Å². The summed E-state index contributed by atoms with van der Waals surface area (Å²) in [4.78, 5) is 18.1. The molecule has 1 atom stereocenters. The Labute approximate surface area is 159 Å². The van der Waals surface area contributed by atoms with Gasteiger partial charge in [-0.2, -0.15) is 0 Å². The first-order valence-electron chi connectivity index (χ1n) is 9.67. The molecule has 1 aliphatic rings. The van der Waals surface area contributed by atoms with Gasteiger partial charge in [-0.3, -0.25) is 4.90 Å². The number of nitrogens with zero attached hydrogens (tertiary/aromatic N) is 1. The molecule has 1 aliphatic heterocycles. The van der Waals surface area contributed by atoms with Crippen molar-refractivity contribution in [3.05, 3.63) is 71.9 Å². The minimum Gasteiger partial charge on any atom is -0.357 e. The van der Waals surface area contributed by atoms with Gasteiger partial charge < -0.3 is 15.6 Å². The summed E-state index contributed by atoms with van der Waals surface area (Å²) in [6, 6.07) is 20.8. The lowest BCUT2D eigenvalue weighted by atomic mass is 10.1. The molecule has 5 nitrogen and oxygen atoms in total. The molecule has 0 saturated carbocycles. The molecule has 3 N–H and O–H groups in total. The van der Waals surface area contributed by atoms with Gasteiger partial charge in [-0.05, 0) is 49.0 Å². The normalized spacial score (nSPS) is 15.7. The van der Waals surface area contributed by atoms with Crippen LogP contribution >= 0.6 is 0 Å². The fourth-order valence-corrected chi connectivity index (χ4v) is 3.84. The molecule has 1 fully saturated rings. The number of aromatic amines is 1. The summed E-state index contributed by atoms with van der Waals surface area (Å²) >= 11 is 0. The molecule has 1 saturated heterocycles. The monoisotopic (exact) mass is 362 g/mol. The number of urea groups is 1. The Morgan fingerprint density at radius 3 is 2.52 bits per heavy atom. The van der Waals surface area contributed by atoms with Crippen LogP contribution in [0.15, 0.2) is 60.7 Å². The number of rotatable bonds is 6. The van der Waals surface area contributed by atoms with Crippen LogP contribution in [-0.4, -0.2) is 35.5 Å². The Morgan fingerprint density at radius 1 is 1.00 bits per heavy atom. The Balaban J connectivity index is 1.33. The number of carbonyl (C=O) groups excluding carboxylic acids is 1. The van der Waals surface area contributed by atoms with E-state index in [1.165, 1.54) is 18.4 Å². The highest BCUT2D eigenvalue weighted by molar-refractivity contribution is 5.80. The smallest absolute Gasteiger partial charge is 0.315 e. The van der Waals surface area contributed by atoms with Crippen molar-refractivity contribution in [3.63, 3.8) is 0 Å². The summed E-state index contributed by atoms with van der Waals surface area (Å²) in [6.45, 7) is 3.29. The summed E-state index contributed by atoms with van der Waals surface area (Å²) < 4.78 is 0. The number of hydrogen-bond donors (Lipinski definition) is 3. The molecule has 2 heterocycles. The van der Waals surface area contributed by atoms with Crippen molar-refractivity contribution in [2.45, 2.75) is 25.4 Å². The number of para-hydroxylation sites is 1. The highest BCUT2D eigenvalue weighted by atomic mass is 16.2. The van der Waals surface area contributed by atoms with E-state index in [0.29, 0.717) is 13.1 Å². The molecule has 1 unspecified atom stereocenters. The predicted octanol–water partition coefficient (Wildman–Crippen LogP) is 3.80. The summed E-state index contributed by atoms with van der Waals surface area (Å²) in [5.74, 6) is 0. The Bertz CT molecular complexity index is 850. The quantitative estimate of drug-likeness (QED) is 0.625. The Kier molecular flexibility index (Phi) is 5.39. The number of aromatic nitrogens is 1. The van der Waals surface area contributed by atoms with Crippen LogP contribution in [0.25, 0.3) is 10.9 Å². The topological polar surface area (TPSA) is 60.2 Å². The fourth-order valence-electron chi connectivity index (χ4n) is 3.84. The second-order valence-corrected chi connectivity index (χ2v) is 7.11. The van der Waals surface area contributed by atoms with E-state index in [1.807, 2.05) is 24.3 Å². The Morgan fingerprint density at radius 2 is 1.74 bits per heavy atom. The van der Waals surface area contributed by atoms with Gasteiger partial charge >= 0.3 is 6.03 Å². The van der Waals surface area contributed by atoms with Crippen molar-refractivity contribution in [1.29, 1.82) is 0 Å². The highest BCUT2D eigenvalue weighted by Gasteiger charge is 2.23. The second kappa shape index (κ2) is 8.27. The van der Waals surface area contributed by atoms with Gasteiger partial charge in [-0.25, -0.2) is 4.79 Å². The minimum atomic E-state index is -0.131. The van der Waals surface area contributed by atoms with Crippen LogP contribution in [0, 0.1) is 0 Å². The third-order valence-electron chi connectivity index (χ3n) is 5.25. The number of H-pyrrole nitrogens is 1. The van der Waals surface area contributed by atoms with Crippen LogP contribution in [0.3, 0.4) is 0 Å². The van der Waals surface area contributed by atoms with Crippen LogP contribution in [0.5, 0.6) is 0 Å². The van der Waals surface area contributed by atoms with Gasteiger partial charge in [0.05, 0.1) is 12.6 Å². The van der Waals surface area contributed by atoms with Crippen molar-refractivity contribution in [3.8, 4) is 0 Å². The van der Waals surface area contributed by atoms with Crippen LogP contribution in [0.2, 0.25) is 0 Å². The number of amides is 2. The first kappa shape index (κ1) is 17.6. The molecule has 0 bridgehead atoms. The van der Waals surface area contributed by atoms with Crippen LogP contribution < -0.4 is 10.6 Å². The van der Waals surface area contributed by atoms with Gasteiger partial charge in [-0.1, -0.05) is 48.5 Å². The zero-order valence-corrected chi connectivity index (χ0v) is 15.4. The van der Waals surface area contributed by atoms with Crippen molar-refractivity contribution in [2.24, 2.45) is 0 Å². The molecule has 0 spiro atoms. The van der Waals surface area contributed by atoms with Gasteiger partial charge in [0.1, 0.15) is 0 Å². The highest BCUT2D eigenvalue weighted by Crippen LogP contribution is 2.24. The molecule has 27 heavy (non-hydrogen) atoms. The lowest BCUT2D eigenvalue weighted by Gasteiger charge is -2.28. The van der Waals surface area contributed by atoms with Gasteiger partial charge in [0.15, 0.2) is 0 Å². The van der Waals surface area contributed by atoms with Crippen molar-refractivity contribution in [1.82, 2.24) is 20.5 Å².